The molecule has 6 heteroatoms. The van der Waals surface area contributed by atoms with Gasteiger partial charge < -0.3 is 5.11 Å². The highest BCUT2D eigenvalue weighted by atomic mass is 32.1. The van der Waals surface area contributed by atoms with Crippen molar-refractivity contribution in [3.8, 4) is 0 Å². The average Bonchev–Trinajstić information content (AvgIpc) is 2.74. The van der Waals surface area contributed by atoms with Gasteiger partial charge in [-0.25, -0.2) is 4.39 Å². The van der Waals surface area contributed by atoms with E-state index in [2.05, 4.69) is 10.2 Å². The third-order valence-corrected chi connectivity index (χ3v) is 3.47. The fourth-order valence-electron chi connectivity index (χ4n) is 1.62. The van der Waals surface area contributed by atoms with Crippen molar-refractivity contribution in [2.75, 3.05) is 0 Å². The van der Waals surface area contributed by atoms with E-state index in [9.17, 15) is 14.3 Å². The number of nitrogens with zero attached hydrogens (tertiary/aromatic N) is 2. The minimum Gasteiger partial charge on any atom is -0.481 e. The molecule has 0 bridgehead atoms. The zero-order valence-electron chi connectivity index (χ0n) is 9.63. The van der Waals surface area contributed by atoms with Crippen LogP contribution in [0.3, 0.4) is 0 Å². The highest BCUT2D eigenvalue weighted by Crippen LogP contribution is 2.25. The molecule has 2 rings (SSSR count). The summed E-state index contributed by atoms with van der Waals surface area (Å²) in [5.41, 5.74) is 0.373. The molecule has 0 amide bonds. The van der Waals surface area contributed by atoms with Gasteiger partial charge in [0.25, 0.3) is 0 Å². The molecule has 0 aliphatic heterocycles. The third kappa shape index (κ3) is 2.70. The second-order valence-electron chi connectivity index (χ2n) is 3.85. The molecule has 0 saturated carbocycles. The fourth-order valence-corrected chi connectivity index (χ4v) is 2.41. The van der Waals surface area contributed by atoms with E-state index in [1.807, 2.05) is 0 Å². The minimum atomic E-state index is -1.02. The Labute approximate surface area is 107 Å². The molecule has 2 aromatic rings. The second-order valence-corrected chi connectivity index (χ2v) is 5.06. The van der Waals surface area contributed by atoms with Crippen LogP contribution in [0.4, 0.5) is 4.39 Å². The largest absolute Gasteiger partial charge is 0.481 e. The second kappa shape index (κ2) is 5.22. The Bertz CT molecular complexity index is 571. The maximum Gasteiger partial charge on any atom is 0.313 e. The van der Waals surface area contributed by atoms with Gasteiger partial charge in [0.1, 0.15) is 21.8 Å². The van der Waals surface area contributed by atoms with Crippen molar-refractivity contribution in [1.82, 2.24) is 10.2 Å². The van der Waals surface area contributed by atoms with E-state index in [1.54, 1.807) is 25.1 Å². The predicted octanol–water partition coefficient (Wildman–Crippen LogP) is 2.40. The normalized spacial score (nSPS) is 12.3. The highest BCUT2D eigenvalue weighted by Gasteiger charge is 2.25. The molecule has 1 aromatic heterocycles. The zero-order chi connectivity index (χ0) is 13.1. The Balaban J connectivity index is 2.28. The van der Waals surface area contributed by atoms with E-state index in [1.165, 1.54) is 17.4 Å². The van der Waals surface area contributed by atoms with Crippen LogP contribution in [0.25, 0.3) is 0 Å². The number of aromatic nitrogens is 2. The van der Waals surface area contributed by atoms with Gasteiger partial charge in [0, 0.05) is 0 Å². The molecule has 1 unspecified atom stereocenters. The standard InChI is InChI=1S/C12H11FN2O2S/c1-7-14-15-11(18-7)9(12(16)17)6-8-4-2-3-5-10(8)13/h2-5,9H,6H2,1H3,(H,16,17). The van der Waals surface area contributed by atoms with Gasteiger partial charge in [-0.05, 0) is 25.0 Å². The molecular weight excluding hydrogens is 255 g/mol. The van der Waals surface area contributed by atoms with Gasteiger partial charge in [-0.3, -0.25) is 4.79 Å². The summed E-state index contributed by atoms with van der Waals surface area (Å²) < 4.78 is 13.5. The summed E-state index contributed by atoms with van der Waals surface area (Å²) in [6.07, 6.45) is 0.0800. The van der Waals surface area contributed by atoms with E-state index in [0.717, 1.165) is 0 Å². The molecule has 0 fully saturated rings. The Kier molecular flexibility index (Phi) is 3.66. The number of hydrogen-bond acceptors (Lipinski definition) is 4. The van der Waals surface area contributed by atoms with Crippen LogP contribution in [0, 0.1) is 12.7 Å². The lowest BCUT2D eigenvalue weighted by atomic mass is 10.00. The fraction of sp³-hybridized carbons (Fsp3) is 0.250. The molecule has 18 heavy (non-hydrogen) atoms. The smallest absolute Gasteiger partial charge is 0.313 e. The number of halogens is 1. The quantitative estimate of drug-likeness (QED) is 0.923. The monoisotopic (exact) mass is 266 g/mol. The van der Waals surface area contributed by atoms with E-state index < -0.39 is 17.7 Å². The van der Waals surface area contributed by atoms with Crippen molar-refractivity contribution in [3.63, 3.8) is 0 Å². The van der Waals surface area contributed by atoms with Gasteiger partial charge in [-0.1, -0.05) is 18.2 Å². The highest BCUT2D eigenvalue weighted by molar-refractivity contribution is 7.11. The SMILES string of the molecule is Cc1nnc(C(Cc2ccccc2F)C(=O)O)s1. The summed E-state index contributed by atoms with van der Waals surface area (Å²) >= 11 is 1.22. The summed E-state index contributed by atoms with van der Waals surface area (Å²) in [4.78, 5) is 11.2. The van der Waals surface area contributed by atoms with Crippen LogP contribution in [0.15, 0.2) is 24.3 Å². The molecule has 0 aliphatic carbocycles. The van der Waals surface area contributed by atoms with Crippen LogP contribution in [0.5, 0.6) is 0 Å². The van der Waals surface area contributed by atoms with Gasteiger partial charge in [-0.2, -0.15) is 0 Å². The maximum atomic E-state index is 13.5. The van der Waals surface area contributed by atoms with E-state index in [0.29, 0.717) is 15.6 Å². The maximum absolute atomic E-state index is 13.5. The Morgan fingerprint density at radius 2 is 2.17 bits per heavy atom. The Hall–Kier alpha value is -1.82. The number of benzene rings is 1. The third-order valence-electron chi connectivity index (χ3n) is 2.52. The first-order valence-corrected chi connectivity index (χ1v) is 6.16. The van der Waals surface area contributed by atoms with Crippen LogP contribution >= 0.6 is 11.3 Å². The number of carbonyl (C=O) groups is 1. The van der Waals surface area contributed by atoms with Crippen LogP contribution in [-0.4, -0.2) is 21.3 Å². The molecule has 0 spiro atoms. The van der Waals surface area contributed by atoms with E-state index in [-0.39, 0.29) is 6.42 Å². The first kappa shape index (κ1) is 12.6. The number of carboxylic acid groups (broad SMARTS) is 1. The van der Waals surface area contributed by atoms with E-state index in [4.69, 9.17) is 0 Å². The Morgan fingerprint density at radius 3 is 2.72 bits per heavy atom. The summed E-state index contributed by atoms with van der Waals surface area (Å²) in [5.74, 6) is -2.27. The van der Waals surface area contributed by atoms with Gasteiger partial charge in [0.15, 0.2) is 0 Å². The summed E-state index contributed by atoms with van der Waals surface area (Å²) in [6.45, 7) is 1.75. The molecule has 1 N–H and O–H groups in total. The summed E-state index contributed by atoms with van der Waals surface area (Å²) in [6, 6.07) is 6.16. The number of carboxylic acids is 1. The lowest BCUT2D eigenvalue weighted by Crippen LogP contribution is -2.15. The van der Waals surface area contributed by atoms with Crippen molar-refractivity contribution in [2.45, 2.75) is 19.3 Å². The van der Waals surface area contributed by atoms with Crippen molar-refractivity contribution < 1.29 is 14.3 Å². The van der Waals surface area contributed by atoms with Crippen molar-refractivity contribution in [3.05, 3.63) is 45.7 Å². The van der Waals surface area contributed by atoms with Gasteiger partial charge in [-0.15, -0.1) is 21.5 Å². The molecule has 0 saturated heterocycles. The van der Waals surface area contributed by atoms with Crippen LogP contribution in [0.2, 0.25) is 0 Å². The zero-order valence-corrected chi connectivity index (χ0v) is 10.4. The van der Waals surface area contributed by atoms with Gasteiger partial charge in [0.05, 0.1) is 0 Å². The lowest BCUT2D eigenvalue weighted by molar-refractivity contribution is -0.138. The average molecular weight is 266 g/mol. The Morgan fingerprint density at radius 1 is 1.44 bits per heavy atom. The van der Waals surface area contributed by atoms with E-state index >= 15 is 0 Å². The molecule has 4 nitrogen and oxygen atoms in total. The summed E-state index contributed by atoms with van der Waals surface area (Å²) in [7, 11) is 0. The van der Waals surface area contributed by atoms with Gasteiger partial charge in [0.2, 0.25) is 0 Å². The topological polar surface area (TPSA) is 63.1 Å². The molecule has 1 aromatic carbocycles. The molecule has 0 radical (unpaired) electrons. The molecule has 1 atom stereocenters. The molecule has 0 aliphatic rings. The number of aryl methyl sites for hydroxylation is 1. The van der Waals surface area contributed by atoms with Gasteiger partial charge >= 0.3 is 5.97 Å². The van der Waals surface area contributed by atoms with Crippen molar-refractivity contribution in [1.29, 1.82) is 0 Å². The first-order chi connectivity index (χ1) is 8.58. The van der Waals surface area contributed by atoms with Crippen LogP contribution < -0.4 is 0 Å². The number of hydrogen-bond donors (Lipinski definition) is 1. The predicted molar refractivity (Wildman–Crippen MR) is 65.1 cm³/mol. The van der Waals surface area contributed by atoms with Crippen LogP contribution in [-0.2, 0) is 11.2 Å². The first-order valence-electron chi connectivity index (χ1n) is 5.34. The minimum absolute atomic E-state index is 0.0800. The van der Waals surface area contributed by atoms with Crippen molar-refractivity contribution >= 4 is 17.3 Å². The molecule has 94 valence electrons. The molecule has 1 heterocycles. The van der Waals surface area contributed by atoms with Crippen molar-refractivity contribution in [2.24, 2.45) is 0 Å². The van der Waals surface area contributed by atoms with Crippen LogP contribution in [0.1, 0.15) is 21.5 Å². The number of rotatable bonds is 4. The number of aliphatic carboxylic acids is 1. The lowest BCUT2D eigenvalue weighted by Gasteiger charge is -2.09. The summed E-state index contributed by atoms with van der Waals surface area (Å²) in [5, 5.41) is 17.9. The molecular formula is C12H11FN2O2S.